The predicted octanol–water partition coefficient (Wildman–Crippen LogP) is 0.559. The van der Waals surface area contributed by atoms with Gasteiger partial charge < -0.3 is 15.0 Å². The summed E-state index contributed by atoms with van der Waals surface area (Å²) in [6.07, 6.45) is 4.38. The molecule has 0 bridgehead atoms. The molecule has 1 heterocycles. The van der Waals surface area contributed by atoms with Crippen LogP contribution in [0.2, 0.25) is 0 Å². The highest BCUT2D eigenvalue weighted by Crippen LogP contribution is 2.18. The molecule has 116 valence electrons. The SMILES string of the molecule is CN(C)C(=O)COc1cc(C(=O)NC2CCCC2)nn1C. The van der Waals surface area contributed by atoms with E-state index in [4.69, 9.17) is 4.74 Å². The van der Waals surface area contributed by atoms with Crippen LogP contribution in [-0.4, -0.2) is 53.2 Å². The Morgan fingerprint density at radius 1 is 1.43 bits per heavy atom. The maximum absolute atomic E-state index is 12.1. The number of rotatable bonds is 5. The average molecular weight is 294 g/mol. The number of nitrogens with one attached hydrogen (secondary N) is 1. The predicted molar refractivity (Wildman–Crippen MR) is 77.1 cm³/mol. The van der Waals surface area contributed by atoms with Gasteiger partial charge >= 0.3 is 0 Å². The summed E-state index contributed by atoms with van der Waals surface area (Å²) < 4.78 is 6.85. The van der Waals surface area contributed by atoms with Gasteiger partial charge in [0.1, 0.15) is 0 Å². The van der Waals surface area contributed by atoms with E-state index in [1.165, 1.54) is 9.58 Å². The van der Waals surface area contributed by atoms with E-state index in [1.807, 2.05) is 0 Å². The van der Waals surface area contributed by atoms with Crippen molar-refractivity contribution in [3.63, 3.8) is 0 Å². The summed E-state index contributed by atoms with van der Waals surface area (Å²) in [5.74, 6) is 0.0706. The Hall–Kier alpha value is -2.05. The average Bonchev–Trinajstić information content (AvgIpc) is 3.05. The number of hydrogen-bond donors (Lipinski definition) is 1. The molecule has 0 atom stereocenters. The van der Waals surface area contributed by atoms with E-state index in [9.17, 15) is 9.59 Å². The van der Waals surface area contributed by atoms with Crippen molar-refractivity contribution >= 4 is 11.8 Å². The molecule has 0 spiro atoms. The highest BCUT2D eigenvalue weighted by Gasteiger charge is 2.20. The van der Waals surface area contributed by atoms with E-state index in [0.717, 1.165) is 25.7 Å². The van der Waals surface area contributed by atoms with Crippen molar-refractivity contribution in [3.05, 3.63) is 11.8 Å². The van der Waals surface area contributed by atoms with E-state index in [-0.39, 0.29) is 24.5 Å². The van der Waals surface area contributed by atoms with Gasteiger partial charge in [-0.3, -0.25) is 9.59 Å². The highest BCUT2D eigenvalue weighted by molar-refractivity contribution is 5.92. The van der Waals surface area contributed by atoms with Crippen molar-refractivity contribution < 1.29 is 14.3 Å². The van der Waals surface area contributed by atoms with Crippen LogP contribution in [0.1, 0.15) is 36.2 Å². The van der Waals surface area contributed by atoms with Gasteiger partial charge in [-0.15, -0.1) is 0 Å². The third-order valence-corrected chi connectivity index (χ3v) is 3.60. The zero-order valence-corrected chi connectivity index (χ0v) is 12.8. The minimum Gasteiger partial charge on any atom is -0.468 e. The van der Waals surface area contributed by atoms with Gasteiger partial charge in [0, 0.05) is 33.3 Å². The van der Waals surface area contributed by atoms with Crippen LogP contribution >= 0.6 is 0 Å². The van der Waals surface area contributed by atoms with Crippen LogP contribution in [0, 0.1) is 0 Å². The monoisotopic (exact) mass is 294 g/mol. The Balaban J connectivity index is 1.94. The highest BCUT2D eigenvalue weighted by atomic mass is 16.5. The normalized spacial score (nSPS) is 15.0. The summed E-state index contributed by atoms with van der Waals surface area (Å²) in [5, 5.41) is 7.10. The van der Waals surface area contributed by atoms with Crippen molar-refractivity contribution in [2.45, 2.75) is 31.7 Å². The first-order chi connectivity index (χ1) is 9.97. The molecule has 0 aromatic carbocycles. The van der Waals surface area contributed by atoms with Crippen LogP contribution in [0.3, 0.4) is 0 Å². The molecule has 2 rings (SSSR count). The first-order valence-electron chi connectivity index (χ1n) is 7.15. The fourth-order valence-corrected chi connectivity index (χ4v) is 2.29. The Morgan fingerprint density at radius 3 is 2.71 bits per heavy atom. The van der Waals surface area contributed by atoms with E-state index < -0.39 is 0 Å². The number of aromatic nitrogens is 2. The van der Waals surface area contributed by atoms with Gasteiger partial charge in [0.2, 0.25) is 5.88 Å². The van der Waals surface area contributed by atoms with E-state index in [1.54, 1.807) is 27.2 Å². The summed E-state index contributed by atoms with van der Waals surface area (Å²) in [6, 6.07) is 1.81. The van der Waals surface area contributed by atoms with Crippen molar-refractivity contribution in [3.8, 4) is 5.88 Å². The largest absolute Gasteiger partial charge is 0.468 e. The molecule has 1 aliphatic rings. The first-order valence-corrected chi connectivity index (χ1v) is 7.15. The molecule has 0 aliphatic heterocycles. The minimum absolute atomic E-state index is 0.0732. The number of likely N-dealkylation sites (N-methyl/N-ethyl adjacent to an activating group) is 1. The van der Waals surface area contributed by atoms with Crippen molar-refractivity contribution in [1.29, 1.82) is 0 Å². The third kappa shape index (κ3) is 3.96. The molecule has 0 saturated heterocycles. The molecular weight excluding hydrogens is 272 g/mol. The third-order valence-electron chi connectivity index (χ3n) is 3.60. The number of nitrogens with zero attached hydrogens (tertiary/aromatic N) is 3. The zero-order chi connectivity index (χ0) is 15.4. The number of hydrogen-bond acceptors (Lipinski definition) is 4. The van der Waals surface area contributed by atoms with Gasteiger partial charge in [0.05, 0.1) is 0 Å². The second kappa shape index (κ2) is 6.60. The van der Waals surface area contributed by atoms with E-state index >= 15 is 0 Å². The molecule has 7 heteroatoms. The van der Waals surface area contributed by atoms with Crippen LogP contribution in [0.25, 0.3) is 0 Å². The van der Waals surface area contributed by atoms with Gasteiger partial charge in [-0.25, -0.2) is 4.68 Å². The summed E-state index contributed by atoms with van der Waals surface area (Å²) in [5.41, 5.74) is 0.316. The zero-order valence-electron chi connectivity index (χ0n) is 12.8. The molecule has 1 N–H and O–H groups in total. The Morgan fingerprint density at radius 2 is 2.10 bits per heavy atom. The minimum atomic E-state index is -0.189. The van der Waals surface area contributed by atoms with Gasteiger partial charge in [-0.2, -0.15) is 5.10 Å². The Kier molecular flexibility index (Phi) is 4.82. The maximum Gasteiger partial charge on any atom is 0.272 e. The number of amides is 2. The summed E-state index contributed by atoms with van der Waals surface area (Å²) in [4.78, 5) is 25.0. The number of ether oxygens (including phenoxy) is 1. The Bertz CT molecular complexity index is 518. The molecule has 1 fully saturated rings. The molecule has 1 aromatic rings. The van der Waals surface area contributed by atoms with Crippen LogP contribution < -0.4 is 10.1 Å². The molecular formula is C14H22N4O3. The summed E-state index contributed by atoms with van der Waals surface area (Å²) in [6.45, 7) is -0.0732. The molecule has 2 amide bonds. The fraction of sp³-hybridized carbons (Fsp3) is 0.643. The number of aryl methyl sites for hydroxylation is 1. The molecule has 1 aliphatic carbocycles. The van der Waals surface area contributed by atoms with Gasteiger partial charge in [0.25, 0.3) is 11.8 Å². The van der Waals surface area contributed by atoms with Crippen molar-refractivity contribution in [2.24, 2.45) is 7.05 Å². The quantitative estimate of drug-likeness (QED) is 0.861. The van der Waals surface area contributed by atoms with E-state index in [0.29, 0.717) is 11.6 Å². The molecule has 1 aromatic heterocycles. The van der Waals surface area contributed by atoms with Crippen LogP contribution in [-0.2, 0) is 11.8 Å². The van der Waals surface area contributed by atoms with Gasteiger partial charge in [-0.05, 0) is 12.8 Å². The smallest absolute Gasteiger partial charge is 0.272 e. The van der Waals surface area contributed by atoms with Crippen molar-refractivity contribution in [2.75, 3.05) is 20.7 Å². The lowest BCUT2D eigenvalue weighted by atomic mass is 10.2. The molecule has 0 radical (unpaired) electrons. The molecule has 0 unspecified atom stereocenters. The summed E-state index contributed by atoms with van der Waals surface area (Å²) in [7, 11) is 5.01. The second-order valence-corrected chi connectivity index (χ2v) is 5.52. The van der Waals surface area contributed by atoms with Crippen LogP contribution in [0.4, 0.5) is 0 Å². The van der Waals surface area contributed by atoms with Crippen LogP contribution in [0.5, 0.6) is 5.88 Å². The van der Waals surface area contributed by atoms with Crippen molar-refractivity contribution in [1.82, 2.24) is 20.0 Å². The molecule has 21 heavy (non-hydrogen) atoms. The van der Waals surface area contributed by atoms with Crippen LogP contribution in [0.15, 0.2) is 6.07 Å². The van der Waals surface area contributed by atoms with Gasteiger partial charge in [-0.1, -0.05) is 12.8 Å². The van der Waals surface area contributed by atoms with Gasteiger partial charge in [0.15, 0.2) is 12.3 Å². The topological polar surface area (TPSA) is 76.5 Å². The summed E-state index contributed by atoms with van der Waals surface area (Å²) >= 11 is 0. The lowest BCUT2D eigenvalue weighted by Crippen LogP contribution is -2.32. The first kappa shape index (κ1) is 15.3. The number of carbonyl (C=O) groups excluding carboxylic acids is 2. The second-order valence-electron chi connectivity index (χ2n) is 5.52. The number of carbonyl (C=O) groups is 2. The Labute approximate surface area is 124 Å². The van der Waals surface area contributed by atoms with E-state index in [2.05, 4.69) is 10.4 Å². The molecule has 7 nitrogen and oxygen atoms in total. The standard InChI is InChI=1S/C14H22N4O3/c1-17(2)12(19)9-21-13-8-11(16-18(13)3)14(20)15-10-6-4-5-7-10/h8,10H,4-7,9H2,1-3H3,(H,15,20). The maximum atomic E-state index is 12.1. The lowest BCUT2D eigenvalue weighted by molar-refractivity contribution is -0.130. The fourth-order valence-electron chi connectivity index (χ4n) is 2.29. The lowest BCUT2D eigenvalue weighted by Gasteiger charge is -2.10. The molecule has 1 saturated carbocycles.